The van der Waals surface area contributed by atoms with Crippen molar-refractivity contribution in [2.75, 3.05) is 39.9 Å². The topological polar surface area (TPSA) is 24.5 Å². The molecule has 94 valence electrons. The van der Waals surface area contributed by atoms with Crippen molar-refractivity contribution in [1.82, 2.24) is 10.2 Å². The largest absolute Gasteiger partial charge is 0.380 e. The van der Waals surface area contributed by atoms with Gasteiger partial charge in [0.15, 0.2) is 0 Å². The van der Waals surface area contributed by atoms with Gasteiger partial charge in [0.2, 0.25) is 0 Å². The molecule has 1 aliphatic carbocycles. The molecule has 2 unspecified atom stereocenters. The van der Waals surface area contributed by atoms with E-state index in [1.165, 1.54) is 45.2 Å². The molecule has 1 N–H and O–H groups in total. The predicted octanol–water partition coefficient (Wildman–Crippen LogP) is 1.49. The summed E-state index contributed by atoms with van der Waals surface area (Å²) < 4.78 is 5.51. The van der Waals surface area contributed by atoms with E-state index in [1.54, 1.807) is 0 Å². The van der Waals surface area contributed by atoms with Gasteiger partial charge in [-0.2, -0.15) is 0 Å². The Hall–Kier alpha value is -0.120. The molecule has 3 heteroatoms. The first-order valence-electron chi connectivity index (χ1n) is 6.87. The summed E-state index contributed by atoms with van der Waals surface area (Å²) in [4.78, 5) is 2.60. The van der Waals surface area contributed by atoms with Crippen LogP contribution in [0.1, 0.15) is 32.1 Å². The fraction of sp³-hybridized carbons (Fsp3) is 1.00. The molecule has 2 rings (SSSR count). The van der Waals surface area contributed by atoms with Crippen LogP contribution in [0.2, 0.25) is 0 Å². The van der Waals surface area contributed by atoms with Crippen LogP contribution < -0.4 is 5.32 Å². The van der Waals surface area contributed by atoms with E-state index in [4.69, 9.17) is 4.74 Å². The van der Waals surface area contributed by atoms with Crippen LogP contribution in [0.3, 0.4) is 0 Å². The lowest BCUT2D eigenvalue weighted by molar-refractivity contribution is 0.131. The van der Waals surface area contributed by atoms with E-state index in [1.807, 2.05) is 0 Å². The Bertz CT molecular complexity index is 190. The zero-order valence-electron chi connectivity index (χ0n) is 10.6. The van der Waals surface area contributed by atoms with Crippen LogP contribution in [-0.4, -0.2) is 50.8 Å². The minimum absolute atomic E-state index is 0.748. The number of rotatable bonds is 3. The van der Waals surface area contributed by atoms with Crippen molar-refractivity contribution in [3.63, 3.8) is 0 Å². The minimum Gasteiger partial charge on any atom is -0.380 e. The fourth-order valence-corrected chi connectivity index (χ4v) is 3.12. The highest BCUT2D eigenvalue weighted by Crippen LogP contribution is 2.25. The normalized spacial score (nSPS) is 33.6. The first kappa shape index (κ1) is 12.3. The van der Waals surface area contributed by atoms with Gasteiger partial charge in [-0.1, -0.05) is 12.8 Å². The molecule has 3 nitrogen and oxygen atoms in total. The smallest absolute Gasteiger partial charge is 0.0593 e. The number of hydrogen-bond acceptors (Lipinski definition) is 3. The molecule has 1 heterocycles. The number of nitrogens with one attached hydrogen (secondary N) is 1. The third kappa shape index (κ3) is 3.44. The Morgan fingerprint density at radius 1 is 1.12 bits per heavy atom. The van der Waals surface area contributed by atoms with Gasteiger partial charge in [0.1, 0.15) is 0 Å². The van der Waals surface area contributed by atoms with Crippen LogP contribution >= 0.6 is 0 Å². The van der Waals surface area contributed by atoms with E-state index >= 15 is 0 Å². The summed E-state index contributed by atoms with van der Waals surface area (Å²) in [5.74, 6) is 0.858. The second-order valence-electron chi connectivity index (χ2n) is 5.21. The zero-order valence-corrected chi connectivity index (χ0v) is 10.6. The second kappa shape index (κ2) is 6.58. The van der Waals surface area contributed by atoms with Gasteiger partial charge in [0.05, 0.1) is 6.61 Å². The zero-order chi connectivity index (χ0) is 11.2. The van der Waals surface area contributed by atoms with Crippen LogP contribution in [0.4, 0.5) is 0 Å². The molecule has 16 heavy (non-hydrogen) atoms. The summed E-state index contributed by atoms with van der Waals surface area (Å²) in [5, 5.41) is 3.50. The van der Waals surface area contributed by atoms with E-state index in [0.717, 1.165) is 31.7 Å². The highest BCUT2D eigenvalue weighted by Gasteiger charge is 2.25. The Morgan fingerprint density at radius 3 is 2.88 bits per heavy atom. The lowest BCUT2D eigenvalue weighted by Crippen LogP contribution is -2.43. The lowest BCUT2D eigenvalue weighted by Gasteiger charge is -2.35. The molecule has 1 aliphatic heterocycles. The van der Waals surface area contributed by atoms with E-state index < -0.39 is 0 Å². The molecule has 0 radical (unpaired) electrons. The first-order valence-corrected chi connectivity index (χ1v) is 6.87. The van der Waals surface area contributed by atoms with Crippen LogP contribution in [0, 0.1) is 5.92 Å². The van der Waals surface area contributed by atoms with E-state index in [0.29, 0.717) is 0 Å². The maximum Gasteiger partial charge on any atom is 0.0593 e. The van der Waals surface area contributed by atoms with E-state index in [-0.39, 0.29) is 0 Å². The van der Waals surface area contributed by atoms with Gasteiger partial charge >= 0.3 is 0 Å². The molecule has 2 atom stereocenters. The summed E-state index contributed by atoms with van der Waals surface area (Å²) in [6.07, 6.45) is 6.81. The van der Waals surface area contributed by atoms with Crippen molar-refractivity contribution in [3.8, 4) is 0 Å². The predicted molar refractivity (Wildman–Crippen MR) is 66.7 cm³/mol. The van der Waals surface area contributed by atoms with Crippen molar-refractivity contribution < 1.29 is 4.74 Å². The van der Waals surface area contributed by atoms with Gasteiger partial charge < -0.3 is 15.0 Å². The molecule has 0 aromatic rings. The van der Waals surface area contributed by atoms with Gasteiger partial charge in [0.25, 0.3) is 0 Å². The first-order chi connectivity index (χ1) is 7.90. The monoisotopic (exact) mass is 226 g/mol. The molecule has 0 aromatic carbocycles. The fourth-order valence-electron chi connectivity index (χ4n) is 3.12. The van der Waals surface area contributed by atoms with Gasteiger partial charge in [-0.05, 0) is 32.2 Å². The third-order valence-corrected chi connectivity index (χ3v) is 4.09. The Kier molecular flexibility index (Phi) is 5.07. The highest BCUT2D eigenvalue weighted by molar-refractivity contribution is 4.82. The van der Waals surface area contributed by atoms with Crippen molar-refractivity contribution in [2.45, 2.75) is 38.1 Å². The number of nitrogens with zero attached hydrogens (tertiary/aromatic N) is 1. The van der Waals surface area contributed by atoms with Gasteiger partial charge in [-0.3, -0.25) is 0 Å². The highest BCUT2D eigenvalue weighted by atomic mass is 16.5. The SMILES string of the molecule is CNC1CCCCC1CN1CCCOCC1. The summed E-state index contributed by atoms with van der Waals surface area (Å²) in [7, 11) is 2.12. The summed E-state index contributed by atoms with van der Waals surface area (Å²) >= 11 is 0. The molecular formula is C13H26N2O. The third-order valence-electron chi connectivity index (χ3n) is 4.09. The summed E-state index contributed by atoms with van der Waals surface area (Å²) in [5.41, 5.74) is 0. The van der Waals surface area contributed by atoms with Gasteiger partial charge in [0, 0.05) is 32.3 Å². The molecule has 2 fully saturated rings. The van der Waals surface area contributed by atoms with Crippen LogP contribution in [0.5, 0.6) is 0 Å². The molecule has 0 aromatic heterocycles. The number of hydrogen-bond donors (Lipinski definition) is 1. The lowest BCUT2D eigenvalue weighted by atomic mass is 9.84. The standard InChI is InChI=1S/C13H26N2O/c1-14-13-6-3-2-5-12(13)11-15-7-4-9-16-10-8-15/h12-14H,2-11H2,1H3. The van der Waals surface area contributed by atoms with Crippen molar-refractivity contribution in [2.24, 2.45) is 5.92 Å². The Labute approximate surface area is 99.5 Å². The van der Waals surface area contributed by atoms with Crippen molar-refractivity contribution in [3.05, 3.63) is 0 Å². The van der Waals surface area contributed by atoms with Gasteiger partial charge in [-0.15, -0.1) is 0 Å². The van der Waals surface area contributed by atoms with Crippen LogP contribution in [0.25, 0.3) is 0 Å². The maximum atomic E-state index is 5.51. The quantitative estimate of drug-likeness (QED) is 0.789. The average molecular weight is 226 g/mol. The molecule has 0 spiro atoms. The number of ether oxygens (including phenoxy) is 1. The van der Waals surface area contributed by atoms with Gasteiger partial charge in [-0.25, -0.2) is 0 Å². The molecular weight excluding hydrogens is 200 g/mol. The summed E-state index contributed by atoms with van der Waals surface area (Å²) in [6, 6.07) is 0.748. The van der Waals surface area contributed by atoms with Crippen molar-refractivity contribution in [1.29, 1.82) is 0 Å². The molecule has 1 saturated heterocycles. The summed E-state index contributed by atoms with van der Waals surface area (Å²) in [6.45, 7) is 5.52. The Morgan fingerprint density at radius 2 is 2.00 bits per heavy atom. The molecule has 2 aliphatic rings. The minimum atomic E-state index is 0.748. The van der Waals surface area contributed by atoms with Crippen LogP contribution in [-0.2, 0) is 4.74 Å². The second-order valence-corrected chi connectivity index (χ2v) is 5.21. The van der Waals surface area contributed by atoms with Crippen molar-refractivity contribution >= 4 is 0 Å². The molecule has 0 bridgehead atoms. The maximum absolute atomic E-state index is 5.51. The molecule has 0 amide bonds. The Balaban J connectivity index is 1.81. The van der Waals surface area contributed by atoms with Crippen LogP contribution in [0.15, 0.2) is 0 Å². The molecule has 1 saturated carbocycles. The van der Waals surface area contributed by atoms with E-state index in [2.05, 4.69) is 17.3 Å². The van der Waals surface area contributed by atoms with E-state index in [9.17, 15) is 0 Å². The average Bonchev–Trinajstić information content (AvgIpc) is 2.58.